The molecule has 1 heterocycles. The van der Waals surface area contributed by atoms with E-state index in [1.165, 1.54) is 17.3 Å². The van der Waals surface area contributed by atoms with Gasteiger partial charge in [-0.1, -0.05) is 29.8 Å². The molecule has 2 amide bonds. The zero-order valence-corrected chi connectivity index (χ0v) is 15.3. The molecule has 0 bridgehead atoms. The van der Waals surface area contributed by atoms with Crippen molar-refractivity contribution >= 4 is 34.8 Å². The van der Waals surface area contributed by atoms with Gasteiger partial charge >= 0.3 is 0 Å². The number of anilines is 2. The molecule has 2 N–H and O–H groups in total. The van der Waals surface area contributed by atoms with E-state index in [1.807, 2.05) is 18.2 Å². The lowest BCUT2D eigenvalue weighted by Gasteiger charge is -2.12. The van der Waals surface area contributed by atoms with Gasteiger partial charge in [0.25, 0.3) is 0 Å². The highest BCUT2D eigenvalue weighted by Crippen LogP contribution is 2.18. The fourth-order valence-corrected chi connectivity index (χ4v) is 2.64. The smallest absolute Gasteiger partial charge is 0.249 e. The van der Waals surface area contributed by atoms with E-state index < -0.39 is 6.04 Å². The molecule has 0 radical (unpaired) electrons. The highest BCUT2D eigenvalue weighted by molar-refractivity contribution is 6.31. The number of hydrogen-bond donors (Lipinski definition) is 2. The summed E-state index contributed by atoms with van der Waals surface area (Å²) in [5, 5.41) is 10.1. The first kappa shape index (κ1) is 18.6. The highest BCUT2D eigenvalue weighted by Gasteiger charge is 2.15. The van der Waals surface area contributed by atoms with Crippen molar-refractivity contribution in [3.05, 3.63) is 71.8 Å². The predicted molar refractivity (Wildman–Crippen MR) is 104 cm³/mol. The molecule has 138 valence electrons. The molecule has 0 aliphatic carbocycles. The standard InChI is InChI=1S/C19H18ClN5O2/c1-13(25-12-21-11-22-25)19(27)24-16-8-6-15(7-9-16)23-18(26)10-14-4-2-3-5-17(14)20/h2-9,11-13H,10H2,1H3,(H,23,26)(H,24,27)/t13-/m1/s1. The number of carbonyl (C=O) groups excluding carboxylic acids is 2. The van der Waals surface area contributed by atoms with Crippen LogP contribution in [0.4, 0.5) is 11.4 Å². The molecule has 7 nitrogen and oxygen atoms in total. The molecule has 0 saturated heterocycles. The van der Waals surface area contributed by atoms with Gasteiger partial charge in [0.1, 0.15) is 18.7 Å². The number of aromatic nitrogens is 3. The van der Waals surface area contributed by atoms with Crippen molar-refractivity contribution < 1.29 is 9.59 Å². The van der Waals surface area contributed by atoms with Gasteiger partial charge in [-0.2, -0.15) is 5.10 Å². The van der Waals surface area contributed by atoms with Crippen molar-refractivity contribution in [2.24, 2.45) is 0 Å². The molecule has 0 spiro atoms. The first-order chi connectivity index (χ1) is 13.0. The summed E-state index contributed by atoms with van der Waals surface area (Å²) in [5.74, 6) is -0.379. The third kappa shape index (κ3) is 4.92. The summed E-state index contributed by atoms with van der Waals surface area (Å²) in [6, 6.07) is 13.6. The van der Waals surface area contributed by atoms with Gasteiger partial charge in [0.2, 0.25) is 11.8 Å². The number of halogens is 1. The number of rotatable bonds is 6. The molecule has 1 aromatic heterocycles. The fourth-order valence-electron chi connectivity index (χ4n) is 2.44. The van der Waals surface area contributed by atoms with Crippen LogP contribution in [0.1, 0.15) is 18.5 Å². The first-order valence-corrected chi connectivity index (χ1v) is 8.69. The van der Waals surface area contributed by atoms with Gasteiger partial charge in [-0.15, -0.1) is 0 Å². The first-order valence-electron chi connectivity index (χ1n) is 8.31. The monoisotopic (exact) mass is 383 g/mol. The minimum absolute atomic E-state index is 0.167. The summed E-state index contributed by atoms with van der Waals surface area (Å²) >= 11 is 6.07. The molecule has 1 atom stereocenters. The Labute approximate surface area is 161 Å². The molecule has 3 rings (SSSR count). The summed E-state index contributed by atoms with van der Waals surface area (Å²) in [6.45, 7) is 1.73. The maximum Gasteiger partial charge on any atom is 0.249 e. The Morgan fingerprint density at radius 1 is 1.07 bits per heavy atom. The van der Waals surface area contributed by atoms with Crippen LogP contribution in [0.25, 0.3) is 0 Å². The maximum atomic E-state index is 12.2. The Kier molecular flexibility index (Phi) is 5.83. The number of nitrogens with one attached hydrogen (secondary N) is 2. The Balaban J connectivity index is 1.56. The lowest BCUT2D eigenvalue weighted by Crippen LogP contribution is -2.24. The van der Waals surface area contributed by atoms with E-state index in [2.05, 4.69) is 20.7 Å². The second kappa shape index (κ2) is 8.46. The minimum Gasteiger partial charge on any atom is -0.326 e. The van der Waals surface area contributed by atoms with Gasteiger partial charge in [0, 0.05) is 16.4 Å². The van der Waals surface area contributed by atoms with Crippen molar-refractivity contribution in [1.29, 1.82) is 0 Å². The van der Waals surface area contributed by atoms with Crippen LogP contribution >= 0.6 is 11.6 Å². The van der Waals surface area contributed by atoms with Crippen LogP contribution in [0.5, 0.6) is 0 Å². The Hall–Kier alpha value is -3.19. The summed E-state index contributed by atoms with van der Waals surface area (Å²) < 4.78 is 1.47. The van der Waals surface area contributed by atoms with Gasteiger partial charge < -0.3 is 10.6 Å². The van der Waals surface area contributed by atoms with Gasteiger partial charge in [-0.3, -0.25) is 9.59 Å². The molecule has 0 fully saturated rings. The van der Waals surface area contributed by atoms with Gasteiger partial charge in [-0.25, -0.2) is 9.67 Å². The van der Waals surface area contributed by atoms with Crippen LogP contribution in [0.15, 0.2) is 61.2 Å². The molecule has 0 saturated carbocycles. The topological polar surface area (TPSA) is 88.9 Å². The van der Waals surface area contributed by atoms with Crippen molar-refractivity contribution in [3.8, 4) is 0 Å². The minimum atomic E-state index is -0.484. The van der Waals surface area contributed by atoms with Crippen LogP contribution in [-0.2, 0) is 16.0 Å². The van der Waals surface area contributed by atoms with Gasteiger partial charge in [0.15, 0.2) is 0 Å². The molecule has 0 aliphatic heterocycles. The number of nitrogens with zero attached hydrogens (tertiary/aromatic N) is 3. The zero-order valence-electron chi connectivity index (χ0n) is 14.6. The predicted octanol–water partition coefficient (Wildman–Crippen LogP) is 3.31. The molecular weight excluding hydrogens is 366 g/mol. The Morgan fingerprint density at radius 3 is 2.37 bits per heavy atom. The Bertz CT molecular complexity index is 926. The van der Waals surface area contributed by atoms with E-state index in [1.54, 1.807) is 37.3 Å². The summed E-state index contributed by atoms with van der Waals surface area (Å²) in [4.78, 5) is 28.2. The molecule has 27 heavy (non-hydrogen) atoms. The van der Waals surface area contributed by atoms with E-state index in [4.69, 9.17) is 11.6 Å². The number of hydrogen-bond acceptors (Lipinski definition) is 4. The van der Waals surface area contributed by atoms with Crippen LogP contribution in [-0.4, -0.2) is 26.6 Å². The van der Waals surface area contributed by atoms with Crippen molar-refractivity contribution in [2.75, 3.05) is 10.6 Å². The SMILES string of the molecule is C[C@H](C(=O)Nc1ccc(NC(=O)Cc2ccccc2Cl)cc1)n1cncn1. The van der Waals surface area contributed by atoms with Crippen LogP contribution in [0.3, 0.4) is 0 Å². The lowest BCUT2D eigenvalue weighted by atomic mass is 10.1. The molecule has 0 unspecified atom stereocenters. The molecule has 0 aliphatic rings. The Morgan fingerprint density at radius 2 is 1.74 bits per heavy atom. The van der Waals surface area contributed by atoms with Crippen molar-refractivity contribution in [2.45, 2.75) is 19.4 Å². The second-order valence-corrected chi connectivity index (χ2v) is 6.34. The normalized spacial score (nSPS) is 11.6. The average Bonchev–Trinajstić information content (AvgIpc) is 3.19. The molecular formula is C19H18ClN5O2. The molecule has 3 aromatic rings. The summed E-state index contributed by atoms with van der Waals surface area (Å²) in [7, 11) is 0. The van der Waals surface area contributed by atoms with E-state index >= 15 is 0 Å². The summed E-state index contributed by atoms with van der Waals surface area (Å²) in [5.41, 5.74) is 2.02. The van der Waals surface area contributed by atoms with Crippen molar-refractivity contribution in [3.63, 3.8) is 0 Å². The van der Waals surface area contributed by atoms with Crippen molar-refractivity contribution in [1.82, 2.24) is 14.8 Å². The molecule has 2 aromatic carbocycles. The number of carbonyl (C=O) groups is 2. The maximum absolute atomic E-state index is 12.2. The van der Waals surface area contributed by atoms with Crippen LogP contribution in [0, 0.1) is 0 Å². The van der Waals surface area contributed by atoms with Gasteiger partial charge in [0.05, 0.1) is 6.42 Å². The highest BCUT2D eigenvalue weighted by atomic mass is 35.5. The van der Waals surface area contributed by atoms with E-state index in [0.29, 0.717) is 16.4 Å². The fraction of sp³-hybridized carbons (Fsp3) is 0.158. The summed E-state index contributed by atoms with van der Waals surface area (Å²) in [6.07, 6.45) is 3.05. The third-order valence-electron chi connectivity index (χ3n) is 3.96. The van der Waals surface area contributed by atoms with Gasteiger partial charge in [-0.05, 0) is 42.8 Å². The molecule has 8 heteroatoms. The van der Waals surface area contributed by atoms with E-state index in [0.717, 1.165) is 5.56 Å². The number of amides is 2. The van der Waals surface area contributed by atoms with Crippen LogP contribution in [0.2, 0.25) is 5.02 Å². The van der Waals surface area contributed by atoms with Crippen LogP contribution < -0.4 is 10.6 Å². The second-order valence-electron chi connectivity index (χ2n) is 5.93. The third-order valence-corrected chi connectivity index (χ3v) is 4.33. The number of benzene rings is 2. The zero-order chi connectivity index (χ0) is 19.2. The van der Waals surface area contributed by atoms with E-state index in [9.17, 15) is 9.59 Å². The quantitative estimate of drug-likeness (QED) is 0.683. The lowest BCUT2D eigenvalue weighted by molar-refractivity contribution is -0.119. The largest absolute Gasteiger partial charge is 0.326 e. The van der Waals surface area contributed by atoms with E-state index in [-0.39, 0.29) is 18.2 Å². The average molecular weight is 384 g/mol.